The maximum Gasteiger partial charge on any atom is 0.420 e. The molecule has 2 nitrogen and oxygen atoms in total. The number of benzene rings is 1. The lowest BCUT2D eigenvalue weighted by Gasteiger charge is -2.16. The van der Waals surface area contributed by atoms with Gasteiger partial charge in [-0.25, -0.2) is 0 Å². The van der Waals surface area contributed by atoms with E-state index in [9.17, 15) is 31.1 Å². The average Bonchev–Trinajstić information content (AvgIpc) is 2.24. The largest absolute Gasteiger partial charge is 0.495 e. The van der Waals surface area contributed by atoms with Crippen LogP contribution in [0.25, 0.3) is 0 Å². The Balaban J connectivity index is 3.62. The molecule has 0 heterocycles. The molecule has 0 aliphatic rings. The third-order valence-electron chi connectivity index (χ3n) is 2.08. The molecule has 0 bridgehead atoms. The van der Waals surface area contributed by atoms with Crippen molar-refractivity contribution in [2.24, 2.45) is 0 Å². The van der Waals surface area contributed by atoms with Crippen molar-refractivity contribution in [1.29, 1.82) is 0 Å². The lowest BCUT2D eigenvalue weighted by Crippen LogP contribution is -2.14. The smallest absolute Gasteiger partial charge is 0.420 e. The van der Waals surface area contributed by atoms with Gasteiger partial charge in [-0.15, -0.1) is 0 Å². The monoisotopic (exact) mass is 272 g/mol. The normalized spacial score (nSPS) is 12.4. The third-order valence-corrected chi connectivity index (χ3v) is 2.08. The number of halogens is 6. The summed E-state index contributed by atoms with van der Waals surface area (Å²) in [6, 6.07) is 0.215. The van der Waals surface area contributed by atoms with Gasteiger partial charge in [-0.05, 0) is 12.1 Å². The summed E-state index contributed by atoms with van der Waals surface area (Å²) >= 11 is 0. The molecule has 0 fully saturated rings. The Hall–Kier alpha value is -1.73. The summed E-state index contributed by atoms with van der Waals surface area (Å²) in [6.07, 6.45) is -10.2. The van der Waals surface area contributed by atoms with Crippen molar-refractivity contribution in [2.75, 3.05) is 7.11 Å². The zero-order valence-corrected chi connectivity index (χ0v) is 8.82. The molecule has 0 aliphatic carbocycles. The molecule has 0 saturated heterocycles. The van der Waals surface area contributed by atoms with Gasteiger partial charge in [0.2, 0.25) is 0 Å². The lowest BCUT2D eigenvalue weighted by atomic mass is 10.0. The molecule has 18 heavy (non-hydrogen) atoms. The highest BCUT2D eigenvalue weighted by atomic mass is 19.4. The first kappa shape index (κ1) is 14.3. The molecule has 0 saturated carbocycles. The van der Waals surface area contributed by atoms with Crippen LogP contribution in [-0.2, 0) is 12.4 Å². The van der Waals surface area contributed by atoms with Gasteiger partial charge in [0, 0.05) is 0 Å². The first-order valence-corrected chi connectivity index (χ1v) is 4.43. The number of carbonyl (C=O) groups is 1. The minimum Gasteiger partial charge on any atom is -0.495 e. The Kier molecular flexibility index (Phi) is 3.59. The van der Waals surface area contributed by atoms with E-state index < -0.39 is 34.8 Å². The fourth-order valence-corrected chi connectivity index (χ4v) is 1.34. The Bertz CT molecular complexity index is 461. The number of alkyl halides is 6. The SMILES string of the molecule is COc1c(C=O)cc(C(F)(F)F)cc1C(F)(F)F. The molecule has 1 aromatic rings. The molecule has 0 radical (unpaired) electrons. The van der Waals surface area contributed by atoms with E-state index in [0.29, 0.717) is 6.07 Å². The van der Waals surface area contributed by atoms with Crippen molar-refractivity contribution >= 4 is 6.29 Å². The maximum absolute atomic E-state index is 12.6. The van der Waals surface area contributed by atoms with E-state index in [1.54, 1.807) is 0 Å². The molecule has 0 unspecified atom stereocenters. The van der Waals surface area contributed by atoms with Gasteiger partial charge < -0.3 is 4.74 Å². The van der Waals surface area contributed by atoms with Crippen molar-refractivity contribution in [3.8, 4) is 5.75 Å². The molecule has 0 spiro atoms. The molecule has 0 aliphatic heterocycles. The maximum atomic E-state index is 12.6. The van der Waals surface area contributed by atoms with Crippen molar-refractivity contribution in [3.05, 3.63) is 28.8 Å². The Morgan fingerprint density at radius 1 is 1.06 bits per heavy atom. The molecule has 1 aromatic carbocycles. The van der Waals surface area contributed by atoms with Gasteiger partial charge >= 0.3 is 12.4 Å². The van der Waals surface area contributed by atoms with E-state index in [0.717, 1.165) is 7.11 Å². The molecule has 100 valence electrons. The minimum atomic E-state index is -5.05. The minimum absolute atomic E-state index is 0.0914. The van der Waals surface area contributed by atoms with Crippen LogP contribution in [0.4, 0.5) is 26.3 Å². The molecule has 8 heteroatoms. The summed E-state index contributed by atoms with van der Waals surface area (Å²) in [6.45, 7) is 0. The van der Waals surface area contributed by atoms with Gasteiger partial charge in [-0.2, -0.15) is 26.3 Å². The van der Waals surface area contributed by atoms with Gasteiger partial charge in [0.05, 0.1) is 23.8 Å². The van der Waals surface area contributed by atoms with Crippen molar-refractivity contribution in [3.63, 3.8) is 0 Å². The Labute approximate surface area is 97.2 Å². The fraction of sp³-hybridized carbons (Fsp3) is 0.300. The zero-order valence-electron chi connectivity index (χ0n) is 8.82. The van der Waals surface area contributed by atoms with Crippen LogP contribution in [0, 0.1) is 0 Å². The second kappa shape index (κ2) is 4.51. The van der Waals surface area contributed by atoms with Crippen LogP contribution in [0.5, 0.6) is 5.75 Å². The number of rotatable bonds is 2. The Morgan fingerprint density at radius 2 is 1.61 bits per heavy atom. The summed E-state index contributed by atoms with van der Waals surface area (Å²) < 4.78 is 79.2. The van der Waals surface area contributed by atoms with Crippen LogP contribution < -0.4 is 4.74 Å². The second-order valence-electron chi connectivity index (χ2n) is 3.26. The molecule has 0 amide bonds. The summed E-state index contributed by atoms with van der Waals surface area (Å²) in [5.41, 5.74) is -4.00. The molecule has 0 aromatic heterocycles. The summed E-state index contributed by atoms with van der Waals surface area (Å²) in [4.78, 5) is 10.5. The highest BCUT2D eigenvalue weighted by Crippen LogP contribution is 2.41. The first-order valence-electron chi connectivity index (χ1n) is 4.43. The van der Waals surface area contributed by atoms with Crippen LogP contribution in [-0.4, -0.2) is 13.4 Å². The number of methoxy groups -OCH3 is 1. The molecular weight excluding hydrogens is 266 g/mol. The quantitative estimate of drug-likeness (QED) is 0.608. The lowest BCUT2D eigenvalue weighted by molar-refractivity contribution is -0.143. The Morgan fingerprint density at radius 3 is 1.94 bits per heavy atom. The number of hydrogen-bond donors (Lipinski definition) is 0. The van der Waals surface area contributed by atoms with E-state index in [2.05, 4.69) is 4.74 Å². The van der Waals surface area contributed by atoms with Gasteiger partial charge in [0.15, 0.2) is 6.29 Å². The van der Waals surface area contributed by atoms with Gasteiger partial charge in [0.1, 0.15) is 5.75 Å². The van der Waals surface area contributed by atoms with Gasteiger partial charge in [-0.3, -0.25) is 4.79 Å². The van der Waals surface area contributed by atoms with E-state index in [1.807, 2.05) is 0 Å². The summed E-state index contributed by atoms with van der Waals surface area (Å²) in [7, 11) is 0.838. The standard InChI is InChI=1S/C10H6F6O2/c1-18-8-5(4-17)2-6(9(11,12)13)3-7(8)10(14,15)16/h2-4H,1H3. The molecular formula is C10H6F6O2. The van der Waals surface area contributed by atoms with Crippen molar-refractivity contribution in [1.82, 2.24) is 0 Å². The average molecular weight is 272 g/mol. The number of ether oxygens (including phenoxy) is 1. The number of carbonyl (C=O) groups excluding carboxylic acids is 1. The number of hydrogen-bond acceptors (Lipinski definition) is 2. The third kappa shape index (κ3) is 2.74. The van der Waals surface area contributed by atoms with Crippen LogP contribution in [0.3, 0.4) is 0 Å². The fourth-order valence-electron chi connectivity index (χ4n) is 1.34. The van der Waals surface area contributed by atoms with E-state index in [-0.39, 0.29) is 12.4 Å². The predicted molar refractivity (Wildman–Crippen MR) is 48.4 cm³/mol. The van der Waals surface area contributed by atoms with Gasteiger partial charge in [0.25, 0.3) is 0 Å². The first-order chi connectivity index (χ1) is 8.11. The highest BCUT2D eigenvalue weighted by Gasteiger charge is 2.40. The highest BCUT2D eigenvalue weighted by molar-refractivity contribution is 5.81. The van der Waals surface area contributed by atoms with Crippen LogP contribution >= 0.6 is 0 Å². The second-order valence-corrected chi connectivity index (χ2v) is 3.26. The zero-order chi connectivity index (χ0) is 14.1. The number of aldehydes is 1. The van der Waals surface area contributed by atoms with E-state index in [1.165, 1.54) is 0 Å². The summed E-state index contributed by atoms with van der Waals surface area (Å²) in [5, 5.41) is 0. The van der Waals surface area contributed by atoms with Crippen LogP contribution in [0.1, 0.15) is 21.5 Å². The molecule has 0 atom stereocenters. The molecule has 0 N–H and O–H groups in total. The van der Waals surface area contributed by atoms with Crippen LogP contribution in [0.2, 0.25) is 0 Å². The molecule has 1 rings (SSSR count). The van der Waals surface area contributed by atoms with E-state index in [4.69, 9.17) is 0 Å². The van der Waals surface area contributed by atoms with Crippen LogP contribution in [0.15, 0.2) is 12.1 Å². The van der Waals surface area contributed by atoms with E-state index >= 15 is 0 Å². The van der Waals surface area contributed by atoms with Gasteiger partial charge in [-0.1, -0.05) is 0 Å². The van der Waals surface area contributed by atoms with Crippen molar-refractivity contribution in [2.45, 2.75) is 12.4 Å². The topological polar surface area (TPSA) is 26.3 Å². The van der Waals surface area contributed by atoms with Crippen molar-refractivity contribution < 1.29 is 35.9 Å². The summed E-state index contributed by atoms with van der Waals surface area (Å²) in [5.74, 6) is -0.925. The predicted octanol–water partition coefficient (Wildman–Crippen LogP) is 3.55.